The van der Waals surface area contributed by atoms with Crippen molar-refractivity contribution < 1.29 is 9.84 Å². The average Bonchev–Trinajstić information content (AvgIpc) is 2.47. The summed E-state index contributed by atoms with van der Waals surface area (Å²) in [6, 6.07) is 7.78. The Morgan fingerprint density at radius 2 is 2.10 bits per heavy atom. The van der Waals surface area contributed by atoms with Crippen LogP contribution in [0.4, 0.5) is 5.69 Å². The Morgan fingerprint density at radius 3 is 2.81 bits per heavy atom. The fourth-order valence-corrected chi connectivity index (χ4v) is 3.06. The SMILES string of the molecule is CCOC1(O)CCN(c2ccnc3cc(Cl)ccc23)CC1. The van der Waals surface area contributed by atoms with E-state index in [0.717, 1.165) is 29.7 Å². The molecular formula is C16H19ClN2O2. The number of hydrogen-bond acceptors (Lipinski definition) is 4. The normalized spacial score (nSPS) is 18.1. The zero-order valence-corrected chi connectivity index (χ0v) is 12.8. The summed E-state index contributed by atoms with van der Waals surface area (Å²) in [6.07, 6.45) is 3.02. The van der Waals surface area contributed by atoms with Crippen LogP contribution < -0.4 is 4.90 Å². The summed E-state index contributed by atoms with van der Waals surface area (Å²) in [7, 11) is 0. The third-order valence-corrected chi connectivity index (χ3v) is 4.22. The van der Waals surface area contributed by atoms with Crippen molar-refractivity contribution in [2.75, 3.05) is 24.6 Å². The molecule has 1 aromatic carbocycles. The number of hydrogen-bond donors (Lipinski definition) is 1. The lowest BCUT2D eigenvalue weighted by Gasteiger charge is -2.39. The van der Waals surface area contributed by atoms with Crippen LogP contribution in [0.3, 0.4) is 0 Å². The van der Waals surface area contributed by atoms with E-state index < -0.39 is 5.79 Å². The van der Waals surface area contributed by atoms with Crippen molar-refractivity contribution in [3.63, 3.8) is 0 Å². The first kappa shape index (κ1) is 14.6. The average molecular weight is 307 g/mol. The molecule has 4 nitrogen and oxygen atoms in total. The molecule has 1 aliphatic heterocycles. The minimum atomic E-state index is -0.975. The highest BCUT2D eigenvalue weighted by molar-refractivity contribution is 6.31. The lowest BCUT2D eigenvalue weighted by atomic mass is 10.0. The largest absolute Gasteiger partial charge is 0.371 e. The van der Waals surface area contributed by atoms with Gasteiger partial charge in [-0.3, -0.25) is 4.98 Å². The Balaban J connectivity index is 1.86. The molecule has 1 fully saturated rings. The van der Waals surface area contributed by atoms with Gasteiger partial charge < -0.3 is 14.7 Å². The lowest BCUT2D eigenvalue weighted by Crippen LogP contribution is -2.46. The van der Waals surface area contributed by atoms with Crippen LogP contribution in [0.15, 0.2) is 30.5 Å². The van der Waals surface area contributed by atoms with Crippen LogP contribution in [0, 0.1) is 0 Å². The fraction of sp³-hybridized carbons (Fsp3) is 0.438. The maximum atomic E-state index is 10.3. The maximum absolute atomic E-state index is 10.3. The molecule has 21 heavy (non-hydrogen) atoms. The van der Waals surface area contributed by atoms with Crippen molar-refractivity contribution in [3.8, 4) is 0 Å². The van der Waals surface area contributed by atoms with E-state index in [0.29, 0.717) is 24.5 Å². The Hall–Kier alpha value is -1.36. The molecule has 0 amide bonds. The third-order valence-electron chi connectivity index (χ3n) is 3.98. The molecule has 0 aliphatic carbocycles. The quantitative estimate of drug-likeness (QED) is 0.885. The van der Waals surface area contributed by atoms with Gasteiger partial charge in [-0.05, 0) is 31.2 Å². The molecule has 5 heteroatoms. The van der Waals surface area contributed by atoms with Crippen molar-refractivity contribution in [2.24, 2.45) is 0 Å². The molecule has 0 saturated carbocycles. The predicted molar refractivity (Wildman–Crippen MR) is 84.8 cm³/mol. The molecule has 3 rings (SSSR count). The molecule has 1 aliphatic rings. The number of anilines is 1. The van der Waals surface area contributed by atoms with Gasteiger partial charge in [-0.1, -0.05) is 11.6 Å². The monoisotopic (exact) mass is 306 g/mol. The van der Waals surface area contributed by atoms with Crippen LogP contribution in [-0.4, -0.2) is 35.6 Å². The Bertz CT molecular complexity index is 639. The number of pyridine rings is 1. The summed E-state index contributed by atoms with van der Waals surface area (Å²) in [4.78, 5) is 6.64. The highest BCUT2D eigenvalue weighted by Crippen LogP contribution is 2.32. The molecule has 0 unspecified atom stereocenters. The predicted octanol–water partition coefficient (Wildman–Crippen LogP) is 3.21. The van der Waals surface area contributed by atoms with E-state index in [9.17, 15) is 5.11 Å². The van der Waals surface area contributed by atoms with Gasteiger partial charge in [0.2, 0.25) is 0 Å². The fourth-order valence-electron chi connectivity index (χ4n) is 2.89. The minimum absolute atomic E-state index is 0.535. The molecule has 0 spiro atoms. The molecule has 112 valence electrons. The van der Waals surface area contributed by atoms with E-state index in [1.807, 2.05) is 31.2 Å². The first-order chi connectivity index (χ1) is 10.1. The van der Waals surface area contributed by atoms with Crippen molar-refractivity contribution in [1.29, 1.82) is 0 Å². The molecular weight excluding hydrogens is 288 g/mol. The van der Waals surface area contributed by atoms with E-state index in [-0.39, 0.29) is 0 Å². The second kappa shape index (κ2) is 5.79. The second-order valence-corrected chi connectivity index (χ2v) is 5.79. The number of benzene rings is 1. The molecule has 1 saturated heterocycles. The van der Waals surface area contributed by atoms with Crippen LogP contribution in [0.2, 0.25) is 5.02 Å². The maximum Gasteiger partial charge on any atom is 0.168 e. The van der Waals surface area contributed by atoms with E-state index in [2.05, 4.69) is 9.88 Å². The second-order valence-electron chi connectivity index (χ2n) is 5.36. The van der Waals surface area contributed by atoms with Crippen LogP contribution in [0.5, 0.6) is 0 Å². The smallest absolute Gasteiger partial charge is 0.168 e. The zero-order valence-electron chi connectivity index (χ0n) is 12.1. The summed E-state index contributed by atoms with van der Waals surface area (Å²) in [5.74, 6) is -0.975. The van der Waals surface area contributed by atoms with Gasteiger partial charge in [-0.15, -0.1) is 0 Å². The van der Waals surface area contributed by atoms with Crippen molar-refractivity contribution in [3.05, 3.63) is 35.5 Å². The third kappa shape index (κ3) is 2.98. The summed E-state index contributed by atoms with van der Waals surface area (Å²) in [5.41, 5.74) is 2.03. The first-order valence-electron chi connectivity index (χ1n) is 7.27. The Kier molecular flexibility index (Phi) is 4.02. The van der Waals surface area contributed by atoms with Gasteiger partial charge in [-0.25, -0.2) is 0 Å². The van der Waals surface area contributed by atoms with E-state index in [1.165, 1.54) is 0 Å². The molecule has 0 atom stereocenters. The number of fused-ring (bicyclic) bond motifs is 1. The highest BCUT2D eigenvalue weighted by atomic mass is 35.5. The Labute approximate surface area is 129 Å². The number of rotatable bonds is 3. The van der Waals surface area contributed by atoms with Gasteiger partial charge in [0.05, 0.1) is 5.52 Å². The molecule has 1 N–H and O–H groups in total. The number of ether oxygens (including phenoxy) is 1. The van der Waals surface area contributed by atoms with Gasteiger partial charge >= 0.3 is 0 Å². The lowest BCUT2D eigenvalue weighted by molar-refractivity contribution is -0.211. The topological polar surface area (TPSA) is 45.6 Å². The van der Waals surface area contributed by atoms with Crippen molar-refractivity contribution in [2.45, 2.75) is 25.6 Å². The van der Waals surface area contributed by atoms with Crippen LogP contribution in [0.25, 0.3) is 10.9 Å². The van der Waals surface area contributed by atoms with Crippen LogP contribution in [-0.2, 0) is 4.74 Å². The molecule has 0 bridgehead atoms. The summed E-state index contributed by atoms with van der Waals surface area (Å²) >= 11 is 6.03. The van der Waals surface area contributed by atoms with Gasteiger partial charge in [0.15, 0.2) is 5.79 Å². The molecule has 2 aromatic rings. The minimum Gasteiger partial charge on any atom is -0.371 e. The molecule has 1 aromatic heterocycles. The van der Waals surface area contributed by atoms with E-state index >= 15 is 0 Å². The summed E-state index contributed by atoms with van der Waals surface area (Å²) in [5, 5.41) is 12.1. The molecule has 2 heterocycles. The first-order valence-corrected chi connectivity index (χ1v) is 7.65. The van der Waals surface area contributed by atoms with Crippen LogP contribution >= 0.6 is 11.6 Å². The van der Waals surface area contributed by atoms with E-state index in [1.54, 1.807) is 6.20 Å². The standard InChI is InChI=1S/C16H19ClN2O2/c1-2-21-16(20)6-9-19(10-7-16)15-5-8-18-14-11-12(17)3-4-13(14)15/h3-5,8,11,20H,2,6-7,9-10H2,1H3. The van der Waals surface area contributed by atoms with Gasteiger partial charge in [-0.2, -0.15) is 0 Å². The number of aromatic nitrogens is 1. The number of nitrogens with zero attached hydrogens (tertiary/aromatic N) is 2. The zero-order chi connectivity index (χ0) is 14.9. The van der Waals surface area contributed by atoms with Gasteiger partial charge in [0.1, 0.15) is 0 Å². The van der Waals surface area contributed by atoms with Gasteiger partial charge in [0.25, 0.3) is 0 Å². The molecule has 0 radical (unpaired) electrons. The van der Waals surface area contributed by atoms with Crippen molar-refractivity contribution >= 4 is 28.2 Å². The summed E-state index contributed by atoms with van der Waals surface area (Å²) < 4.78 is 5.46. The Morgan fingerprint density at radius 1 is 1.33 bits per heavy atom. The van der Waals surface area contributed by atoms with E-state index in [4.69, 9.17) is 16.3 Å². The van der Waals surface area contributed by atoms with Gasteiger partial charge in [0, 0.05) is 54.8 Å². The number of piperidine rings is 1. The number of halogens is 1. The summed E-state index contributed by atoms with van der Waals surface area (Å²) in [6.45, 7) is 3.97. The van der Waals surface area contributed by atoms with Crippen molar-refractivity contribution in [1.82, 2.24) is 4.98 Å². The number of aliphatic hydroxyl groups is 1. The van der Waals surface area contributed by atoms with Crippen LogP contribution in [0.1, 0.15) is 19.8 Å². The highest BCUT2D eigenvalue weighted by Gasteiger charge is 2.33.